The van der Waals surface area contributed by atoms with Gasteiger partial charge in [-0.3, -0.25) is 14.4 Å². The van der Waals surface area contributed by atoms with Gasteiger partial charge in [-0.1, -0.05) is 34.1 Å². The molecule has 0 aliphatic carbocycles. The van der Waals surface area contributed by atoms with Crippen molar-refractivity contribution in [3.8, 4) is 0 Å². The minimum absolute atomic E-state index is 0.0421. The van der Waals surface area contributed by atoms with Crippen LogP contribution in [0.1, 0.15) is 66.2 Å². The highest BCUT2D eigenvalue weighted by Gasteiger charge is 2.38. The third-order valence-electron chi connectivity index (χ3n) is 6.19. The molecule has 0 saturated carbocycles. The fourth-order valence-electron chi connectivity index (χ4n) is 3.80. The number of aliphatic carboxylic acids is 1. The Labute approximate surface area is 190 Å². The molecular formula is C22H41N5O5. The summed E-state index contributed by atoms with van der Waals surface area (Å²) in [4.78, 5) is 51.6. The van der Waals surface area contributed by atoms with Crippen molar-refractivity contribution in [1.82, 2.24) is 15.5 Å². The van der Waals surface area contributed by atoms with Crippen LogP contribution in [0.15, 0.2) is 0 Å². The van der Waals surface area contributed by atoms with Gasteiger partial charge < -0.3 is 32.1 Å². The number of hydrogen-bond acceptors (Lipinski definition) is 6. The Kier molecular flexibility index (Phi) is 11.6. The maximum atomic E-state index is 13.2. The van der Waals surface area contributed by atoms with Crippen LogP contribution in [-0.4, -0.2) is 71.0 Å². The minimum Gasteiger partial charge on any atom is -0.480 e. The van der Waals surface area contributed by atoms with Crippen LogP contribution >= 0.6 is 0 Å². The van der Waals surface area contributed by atoms with E-state index in [1.54, 1.807) is 13.8 Å². The van der Waals surface area contributed by atoms with Crippen LogP contribution in [0.4, 0.5) is 0 Å². The molecule has 0 aromatic carbocycles. The van der Waals surface area contributed by atoms with Crippen molar-refractivity contribution in [2.24, 2.45) is 23.3 Å². The molecule has 0 bridgehead atoms. The van der Waals surface area contributed by atoms with E-state index in [0.29, 0.717) is 45.2 Å². The maximum Gasteiger partial charge on any atom is 0.326 e. The van der Waals surface area contributed by atoms with E-state index in [0.717, 1.165) is 6.42 Å². The van der Waals surface area contributed by atoms with Gasteiger partial charge in [0.2, 0.25) is 17.7 Å². The molecule has 32 heavy (non-hydrogen) atoms. The van der Waals surface area contributed by atoms with Crippen LogP contribution in [-0.2, 0) is 19.2 Å². The topological polar surface area (TPSA) is 168 Å². The van der Waals surface area contributed by atoms with Gasteiger partial charge in [-0.05, 0) is 50.5 Å². The SMILES string of the molecule is CCC(C)C(N)C(=O)NC(C(=O)NC(CCCCN)C(=O)N1CCCC1C(=O)O)C(C)C. The van der Waals surface area contributed by atoms with Crippen LogP contribution in [0.5, 0.6) is 0 Å². The normalized spacial score (nSPS) is 19.8. The van der Waals surface area contributed by atoms with Crippen molar-refractivity contribution >= 4 is 23.7 Å². The van der Waals surface area contributed by atoms with E-state index in [2.05, 4.69) is 10.6 Å². The quantitative estimate of drug-likeness (QED) is 0.247. The molecule has 10 heteroatoms. The van der Waals surface area contributed by atoms with E-state index in [-0.39, 0.29) is 11.8 Å². The largest absolute Gasteiger partial charge is 0.480 e. The molecule has 5 unspecified atom stereocenters. The van der Waals surface area contributed by atoms with Crippen molar-refractivity contribution in [2.75, 3.05) is 13.1 Å². The zero-order valence-corrected chi connectivity index (χ0v) is 19.8. The molecule has 10 nitrogen and oxygen atoms in total. The van der Waals surface area contributed by atoms with Gasteiger partial charge in [0.05, 0.1) is 6.04 Å². The first kappa shape index (κ1) is 27.8. The summed E-state index contributed by atoms with van der Waals surface area (Å²) in [6, 6.07) is -3.37. The van der Waals surface area contributed by atoms with Crippen molar-refractivity contribution in [2.45, 2.75) is 90.4 Å². The summed E-state index contributed by atoms with van der Waals surface area (Å²) >= 11 is 0. The highest BCUT2D eigenvalue weighted by molar-refractivity contribution is 5.94. The Bertz CT molecular complexity index is 657. The number of rotatable bonds is 13. The molecule has 0 spiro atoms. The summed E-state index contributed by atoms with van der Waals surface area (Å²) in [5.41, 5.74) is 11.6. The molecule has 1 saturated heterocycles. The van der Waals surface area contributed by atoms with Crippen molar-refractivity contribution in [3.05, 3.63) is 0 Å². The molecule has 184 valence electrons. The second-order valence-electron chi connectivity index (χ2n) is 9.02. The number of likely N-dealkylation sites (tertiary alicyclic amines) is 1. The van der Waals surface area contributed by atoms with Gasteiger partial charge in [-0.25, -0.2) is 4.79 Å². The molecule has 5 atom stereocenters. The third kappa shape index (κ3) is 7.74. The predicted molar refractivity (Wildman–Crippen MR) is 121 cm³/mol. The van der Waals surface area contributed by atoms with Crippen LogP contribution < -0.4 is 22.1 Å². The number of nitrogens with zero attached hydrogens (tertiary/aromatic N) is 1. The lowest BCUT2D eigenvalue weighted by molar-refractivity contribution is -0.149. The molecule has 7 N–H and O–H groups in total. The van der Waals surface area contributed by atoms with E-state index in [1.807, 2.05) is 13.8 Å². The van der Waals surface area contributed by atoms with Gasteiger partial charge in [-0.2, -0.15) is 0 Å². The smallest absolute Gasteiger partial charge is 0.326 e. The van der Waals surface area contributed by atoms with Crippen molar-refractivity contribution in [1.29, 1.82) is 0 Å². The Balaban J connectivity index is 2.97. The van der Waals surface area contributed by atoms with Crippen LogP contribution in [0.2, 0.25) is 0 Å². The summed E-state index contributed by atoms with van der Waals surface area (Å²) in [5.74, 6) is -2.63. The second kappa shape index (κ2) is 13.4. The first-order chi connectivity index (χ1) is 15.0. The van der Waals surface area contributed by atoms with E-state index in [4.69, 9.17) is 11.5 Å². The number of nitrogens with two attached hydrogens (primary N) is 2. The summed E-state index contributed by atoms with van der Waals surface area (Å²) in [6.07, 6.45) is 3.35. The molecular weight excluding hydrogens is 414 g/mol. The minimum atomic E-state index is -1.05. The predicted octanol–water partition coefficient (Wildman–Crippen LogP) is 0.190. The van der Waals surface area contributed by atoms with E-state index < -0.39 is 47.9 Å². The number of carboxylic acids is 1. The lowest BCUT2D eigenvalue weighted by Crippen LogP contribution is -2.59. The van der Waals surface area contributed by atoms with E-state index in [1.165, 1.54) is 4.90 Å². The second-order valence-corrected chi connectivity index (χ2v) is 9.02. The van der Waals surface area contributed by atoms with Gasteiger partial charge in [0.25, 0.3) is 0 Å². The number of carbonyl (C=O) groups is 4. The van der Waals surface area contributed by atoms with E-state index in [9.17, 15) is 24.3 Å². The first-order valence-electron chi connectivity index (χ1n) is 11.6. The lowest BCUT2D eigenvalue weighted by Gasteiger charge is -2.30. The Morgan fingerprint density at radius 3 is 2.28 bits per heavy atom. The molecule has 3 amide bonds. The molecule has 1 heterocycles. The highest BCUT2D eigenvalue weighted by atomic mass is 16.4. The summed E-state index contributed by atoms with van der Waals surface area (Å²) in [6.45, 7) is 8.19. The maximum absolute atomic E-state index is 13.2. The molecule has 0 radical (unpaired) electrons. The summed E-state index contributed by atoms with van der Waals surface area (Å²) in [7, 11) is 0. The summed E-state index contributed by atoms with van der Waals surface area (Å²) < 4.78 is 0. The number of amides is 3. The zero-order valence-electron chi connectivity index (χ0n) is 19.8. The van der Waals surface area contributed by atoms with Crippen LogP contribution in [0.25, 0.3) is 0 Å². The number of unbranched alkanes of at least 4 members (excludes halogenated alkanes) is 1. The molecule has 1 aliphatic rings. The average molecular weight is 456 g/mol. The number of carboxylic acid groups (broad SMARTS) is 1. The molecule has 0 aromatic rings. The highest BCUT2D eigenvalue weighted by Crippen LogP contribution is 2.20. The standard InChI is InChI=1S/C22H41N5O5/c1-5-14(4)17(24)19(28)26-18(13(2)3)20(29)25-15(9-6-7-11-23)21(30)27-12-8-10-16(27)22(31)32/h13-18H,5-12,23-24H2,1-4H3,(H,25,29)(H,26,28)(H,31,32). The lowest BCUT2D eigenvalue weighted by atomic mass is 9.97. The Morgan fingerprint density at radius 1 is 1.09 bits per heavy atom. The zero-order chi connectivity index (χ0) is 24.4. The van der Waals surface area contributed by atoms with Gasteiger partial charge in [-0.15, -0.1) is 0 Å². The third-order valence-corrected chi connectivity index (χ3v) is 6.19. The van der Waals surface area contributed by atoms with Gasteiger partial charge >= 0.3 is 5.97 Å². The van der Waals surface area contributed by atoms with Crippen molar-refractivity contribution < 1.29 is 24.3 Å². The van der Waals surface area contributed by atoms with Gasteiger partial charge in [0.1, 0.15) is 18.1 Å². The molecule has 1 rings (SSSR count). The van der Waals surface area contributed by atoms with Crippen molar-refractivity contribution in [3.63, 3.8) is 0 Å². The van der Waals surface area contributed by atoms with Crippen LogP contribution in [0.3, 0.4) is 0 Å². The van der Waals surface area contributed by atoms with Gasteiger partial charge in [0.15, 0.2) is 0 Å². The van der Waals surface area contributed by atoms with Gasteiger partial charge in [0, 0.05) is 6.54 Å². The Hall–Kier alpha value is -2.20. The van der Waals surface area contributed by atoms with E-state index >= 15 is 0 Å². The monoisotopic (exact) mass is 455 g/mol. The number of hydrogen-bond donors (Lipinski definition) is 5. The summed E-state index contributed by atoms with van der Waals surface area (Å²) in [5, 5.41) is 14.9. The first-order valence-corrected chi connectivity index (χ1v) is 11.6. The Morgan fingerprint density at radius 2 is 1.75 bits per heavy atom. The fourth-order valence-corrected chi connectivity index (χ4v) is 3.80. The molecule has 0 aromatic heterocycles. The average Bonchev–Trinajstić information content (AvgIpc) is 3.25. The molecule has 1 aliphatic heterocycles. The van der Waals surface area contributed by atoms with Crippen LogP contribution in [0, 0.1) is 11.8 Å². The fraction of sp³-hybridized carbons (Fsp3) is 0.818. The number of nitrogens with one attached hydrogen (secondary N) is 2. The molecule has 1 fully saturated rings. The number of carbonyl (C=O) groups excluding carboxylic acids is 3.